The molecule has 25 heavy (non-hydrogen) atoms. The SMILES string of the molecule is [B]c1cccc(OC(=O)CC)c1COc1ccc(CC)cc1C(F)F. The summed E-state index contributed by atoms with van der Waals surface area (Å²) in [6.45, 7) is 3.49. The number of carbonyl (C=O) groups excluding carboxylic acids is 1. The minimum Gasteiger partial charge on any atom is -0.488 e. The molecular weight excluding hydrogens is 325 g/mol. The zero-order valence-corrected chi connectivity index (χ0v) is 14.2. The summed E-state index contributed by atoms with van der Waals surface area (Å²) in [6, 6.07) is 9.59. The molecule has 3 nitrogen and oxygen atoms in total. The number of alkyl halides is 2. The standard InChI is InChI=1S/C19H19BF2O3/c1-3-12-8-9-16(13(10-12)19(21)22)24-11-14-15(20)6-5-7-17(14)25-18(23)4-2/h5-10,19H,3-4,11H2,1-2H3. The lowest BCUT2D eigenvalue weighted by Crippen LogP contribution is -2.17. The molecule has 2 aromatic carbocycles. The van der Waals surface area contributed by atoms with Crippen molar-refractivity contribution in [2.75, 3.05) is 0 Å². The second-order valence-electron chi connectivity index (χ2n) is 5.47. The molecule has 6 heteroatoms. The lowest BCUT2D eigenvalue weighted by molar-refractivity contribution is -0.134. The maximum absolute atomic E-state index is 13.3. The normalized spacial score (nSPS) is 10.8. The highest BCUT2D eigenvalue weighted by molar-refractivity contribution is 6.33. The number of ether oxygens (including phenoxy) is 2. The van der Waals surface area contributed by atoms with Crippen LogP contribution in [0.4, 0.5) is 8.78 Å². The molecule has 0 aliphatic heterocycles. The summed E-state index contributed by atoms with van der Waals surface area (Å²) in [7, 11) is 5.93. The monoisotopic (exact) mass is 344 g/mol. The third-order valence-corrected chi connectivity index (χ3v) is 3.77. The van der Waals surface area contributed by atoms with Crippen LogP contribution in [0.2, 0.25) is 0 Å². The van der Waals surface area contributed by atoms with Crippen LogP contribution in [-0.2, 0) is 17.8 Å². The van der Waals surface area contributed by atoms with Crippen molar-refractivity contribution in [3.05, 3.63) is 53.1 Å². The molecular formula is C19H19BF2O3. The Balaban J connectivity index is 2.26. The van der Waals surface area contributed by atoms with Crippen molar-refractivity contribution in [2.45, 2.75) is 39.7 Å². The van der Waals surface area contributed by atoms with Gasteiger partial charge in [-0.05, 0) is 30.2 Å². The van der Waals surface area contributed by atoms with E-state index in [0.717, 1.165) is 5.56 Å². The van der Waals surface area contributed by atoms with E-state index in [1.54, 1.807) is 31.2 Å². The Morgan fingerprint density at radius 2 is 1.92 bits per heavy atom. The van der Waals surface area contributed by atoms with Crippen molar-refractivity contribution < 1.29 is 23.0 Å². The zero-order valence-electron chi connectivity index (χ0n) is 14.2. The molecule has 0 bridgehead atoms. The van der Waals surface area contributed by atoms with Gasteiger partial charge in [-0.15, -0.1) is 0 Å². The van der Waals surface area contributed by atoms with Crippen LogP contribution in [0.25, 0.3) is 0 Å². The van der Waals surface area contributed by atoms with E-state index in [0.29, 0.717) is 17.4 Å². The van der Waals surface area contributed by atoms with E-state index in [2.05, 4.69) is 0 Å². The maximum atomic E-state index is 13.3. The van der Waals surface area contributed by atoms with Crippen molar-refractivity contribution in [1.29, 1.82) is 0 Å². The van der Waals surface area contributed by atoms with Crippen LogP contribution >= 0.6 is 0 Å². The summed E-state index contributed by atoms with van der Waals surface area (Å²) in [4.78, 5) is 11.5. The number of halogens is 2. The van der Waals surface area contributed by atoms with E-state index >= 15 is 0 Å². The Morgan fingerprint density at radius 3 is 2.56 bits per heavy atom. The molecule has 0 heterocycles. The van der Waals surface area contributed by atoms with Gasteiger partial charge in [-0.1, -0.05) is 37.5 Å². The Labute approximate surface area is 147 Å². The fourth-order valence-electron chi connectivity index (χ4n) is 2.30. The highest BCUT2D eigenvalue weighted by Crippen LogP contribution is 2.31. The topological polar surface area (TPSA) is 35.5 Å². The molecule has 0 aliphatic rings. The first-order valence-electron chi connectivity index (χ1n) is 8.08. The average Bonchev–Trinajstić information content (AvgIpc) is 2.60. The van der Waals surface area contributed by atoms with E-state index in [1.807, 2.05) is 6.92 Å². The van der Waals surface area contributed by atoms with E-state index in [4.69, 9.17) is 17.3 Å². The van der Waals surface area contributed by atoms with Gasteiger partial charge in [0.25, 0.3) is 6.43 Å². The molecule has 0 amide bonds. The van der Waals surface area contributed by atoms with Crippen molar-refractivity contribution in [3.63, 3.8) is 0 Å². The second kappa shape index (κ2) is 8.65. The smallest absolute Gasteiger partial charge is 0.310 e. The van der Waals surface area contributed by atoms with Gasteiger partial charge < -0.3 is 9.47 Å². The van der Waals surface area contributed by atoms with Crippen LogP contribution in [-0.4, -0.2) is 13.8 Å². The van der Waals surface area contributed by atoms with Crippen LogP contribution < -0.4 is 14.9 Å². The van der Waals surface area contributed by atoms with Gasteiger partial charge in [-0.25, -0.2) is 8.78 Å². The van der Waals surface area contributed by atoms with E-state index < -0.39 is 12.4 Å². The average molecular weight is 344 g/mol. The molecule has 0 atom stereocenters. The summed E-state index contributed by atoms with van der Waals surface area (Å²) in [5.41, 5.74) is 1.45. The number of carbonyl (C=O) groups is 1. The molecule has 2 rings (SSSR count). The van der Waals surface area contributed by atoms with Gasteiger partial charge in [0.05, 0.1) is 5.56 Å². The predicted octanol–water partition coefficient (Wildman–Crippen LogP) is 3.87. The molecule has 0 fully saturated rings. The van der Waals surface area contributed by atoms with Gasteiger partial charge in [0.2, 0.25) is 0 Å². The minimum absolute atomic E-state index is 0.0792. The molecule has 0 unspecified atom stereocenters. The second-order valence-corrected chi connectivity index (χ2v) is 5.47. The lowest BCUT2D eigenvalue weighted by atomic mass is 9.90. The third kappa shape index (κ3) is 4.81. The molecule has 0 saturated heterocycles. The fraction of sp³-hybridized carbons (Fsp3) is 0.316. The predicted molar refractivity (Wildman–Crippen MR) is 92.9 cm³/mol. The van der Waals surface area contributed by atoms with Crippen molar-refractivity contribution in [2.24, 2.45) is 0 Å². The van der Waals surface area contributed by atoms with Gasteiger partial charge in [-0.3, -0.25) is 4.79 Å². The largest absolute Gasteiger partial charge is 0.488 e. The molecule has 0 spiro atoms. The summed E-state index contributed by atoms with van der Waals surface area (Å²) in [6.07, 6.45) is -1.78. The summed E-state index contributed by atoms with van der Waals surface area (Å²) >= 11 is 0. The number of hydrogen-bond donors (Lipinski definition) is 0. The molecule has 130 valence electrons. The number of rotatable bonds is 7. The van der Waals surface area contributed by atoms with Crippen molar-refractivity contribution in [3.8, 4) is 11.5 Å². The van der Waals surface area contributed by atoms with Gasteiger partial charge in [0.15, 0.2) is 0 Å². The molecule has 2 aromatic rings. The van der Waals surface area contributed by atoms with Gasteiger partial charge in [0, 0.05) is 12.0 Å². The van der Waals surface area contributed by atoms with Crippen LogP contribution in [0, 0.1) is 0 Å². The zero-order chi connectivity index (χ0) is 18.4. The summed E-state index contributed by atoms with van der Waals surface area (Å²) < 4.78 is 37.3. The highest BCUT2D eigenvalue weighted by Gasteiger charge is 2.16. The lowest BCUT2D eigenvalue weighted by Gasteiger charge is -2.16. The minimum atomic E-state index is -2.65. The molecule has 2 radical (unpaired) electrons. The van der Waals surface area contributed by atoms with Gasteiger partial charge >= 0.3 is 5.97 Å². The van der Waals surface area contributed by atoms with E-state index in [-0.39, 0.29) is 30.1 Å². The Kier molecular flexibility index (Phi) is 6.56. The van der Waals surface area contributed by atoms with Crippen LogP contribution in [0.15, 0.2) is 36.4 Å². The molecule has 0 aromatic heterocycles. The van der Waals surface area contributed by atoms with Gasteiger partial charge in [0.1, 0.15) is 26.0 Å². The van der Waals surface area contributed by atoms with Crippen molar-refractivity contribution >= 4 is 19.3 Å². The third-order valence-electron chi connectivity index (χ3n) is 3.77. The first-order valence-corrected chi connectivity index (χ1v) is 8.08. The number of esters is 1. The Morgan fingerprint density at radius 1 is 1.16 bits per heavy atom. The number of aryl methyl sites for hydroxylation is 1. The Hall–Kier alpha value is -2.37. The van der Waals surface area contributed by atoms with E-state index in [9.17, 15) is 13.6 Å². The van der Waals surface area contributed by atoms with Crippen LogP contribution in [0.3, 0.4) is 0 Å². The molecule has 0 aliphatic carbocycles. The summed E-state index contributed by atoms with van der Waals surface area (Å²) in [5.74, 6) is -0.0498. The van der Waals surface area contributed by atoms with Gasteiger partial charge in [-0.2, -0.15) is 0 Å². The highest BCUT2D eigenvalue weighted by atomic mass is 19.3. The van der Waals surface area contributed by atoms with Crippen molar-refractivity contribution in [1.82, 2.24) is 0 Å². The number of benzene rings is 2. The first-order chi connectivity index (χ1) is 12.0. The number of hydrogen-bond acceptors (Lipinski definition) is 3. The maximum Gasteiger partial charge on any atom is 0.310 e. The Bertz CT molecular complexity index is 747. The summed E-state index contributed by atoms with van der Waals surface area (Å²) in [5, 5.41) is 0. The molecule has 0 saturated carbocycles. The quantitative estimate of drug-likeness (QED) is 0.435. The van der Waals surface area contributed by atoms with Crippen LogP contribution in [0.1, 0.15) is 43.4 Å². The first kappa shape index (κ1) is 19.0. The molecule has 0 N–H and O–H groups in total. The fourth-order valence-corrected chi connectivity index (χ4v) is 2.30. The van der Waals surface area contributed by atoms with E-state index in [1.165, 1.54) is 12.1 Å². The van der Waals surface area contributed by atoms with Crippen LogP contribution in [0.5, 0.6) is 11.5 Å².